The van der Waals surface area contributed by atoms with Gasteiger partial charge in [0.1, 0.15) is 9.52 Å². The Kier molecular flexibility index (Phi) is 7.30. The van der Waals surface area contributed by atoms with Gasteiger partial charge in [0, 0.05) is 21.0 Å². The van der Waals surface area contributed by atoms with Crippen LogP contribution in [0.5, 0.6) is 0 Å². The lowest BCUT2D eigenvalue weighted by Crippen LogP contribution is -2.32. The minimum Gasteiger partial charge on any atom is -0.151 e. The van der Waals surface area contributed by atoms with Gasteiger partial charge in [0.15, 0.2) is 0 Å². The summed E-state index contributed by atoms with van der Waals surface area (Å²) < 4.78 is 0.606. The first kappa shape index (κ1) is 20.7. The third-order valence-corrected chi connectivity index (χ3v) is 7.78. The monoisotopic (exact) mass is 386 g/mol. The van der Waals surface area contributed by atoms with Crippen LogP contribution < -0.4 is 10.4 Å². The van der Waals surface area contributed by atoms with Crippen molar-refractivity contribution in [1.29, 1.82) is 0 Å². The van der Waals surface area contributed by atoms with Crippen LogP contribution in [0.25, 0.3) is 0 Å². The number of benzene rings is 2. The van der Waals surface area contributed by atoms with E-state index in [1.54, 1.807) is 0 Å². The van der Waals surface area contributed by atoms with Crippen LogP contribution in [0.2, 0.25) is 0 Å². The number of thioether (sulfide) groups is 2. The van der Waals surface area contributed by atoms with E-state index in [0.717, 1.165) is 21.0 Å². The molecule has 0 N–H and O–H groups in total. The molecule has 0 aliphatic rings. The van der Waals surface area contributed by atoms with Gasteiger partial charge < -0.3 is 0 Å². The summed E-state index contributed by atoms with van der Waals surface area (Å²) in [5, 5.41) is 2.99. The number of hydrogen-bond donors (Lipinski definition) is 0. The second-order valence-corrected chi connectivity index (χ2v) is 13.2. The maximum Gasteiger partial charge on any atom is 0.122 e. The van der Waals surface area contributed by atoms with Gasteiger partial charge in [-0.05, 0) is 11.1 Å². The zero-order chi connectivity index (χ0) is 18.5. The number of rotatable bonds is 6. The van der Waals surface area contributed by atoms with Gasteiger partial charge in [0.25, 0.3) is 0 Å². The molecule has 2 radical (unpaired) electrons. The first-order chi connectivity index (χ1) is 11.6. The van der Waals surface area contributed by atoms with Gasteiger partial charge in [-0.3, -0.25) is 0 Å². The molecule has 0 amide bonds. The van der Waals surface area contributed by atoms with Gasteiger partial charge in [-0.25, -0.2) is 0 Å². The molecule has 0 heterocycles. The van der Waals surface area contributed by atoms with Crippen molar-refractivity contribution >= 4 is 43.4 Å². The molecule has 2 rings (SSSR count). The van der Waals surface area contributed by atoms with Crippen LogP contribution in [0.15, 0.2) is 48.5 Å². The van der Waals surface area contributed by atoms with E-state index in [9.17, 15) is 0 Å². The van der Waals surface area contributed by atoms with Crippen molar-refractivity contribution in [3.63, 3.8) is 0 Å². The molecule has 0 saturated heterocycles. The normalized spacial score (nSPS) is 12.4. The zero-order valence-corrected chi connectivity index (χ0v) is 19.0. The van der Waals surface area contributed by atoms with E-state index >= 15 is 0 Å². The summed E-state index contributed by atoms with van der Waals surface area (Å²) in [7, 11) is 0.734. The molecule has 0 aliphatic carbocycles. The lowest BCUT2D eigenvalue weighted by molar-refractivity contribution is 0.802. The fraction of sp³-hybridized carbons (Fsp3) is 0.455. The Morgan fingerprint density at radius 2 is 1.00 bits per heavy atom. The molecule has 3 heteroatoms. The van der Waals surface area contributed by atoms with Crippen molar-refractivity contribution in [2.24, 2.45) is 0 Å². The van der Waals surface area contributed by atoms with Gasteiger partial charge in [0.2, 0.25) is 0 Å². The maximum absolute atomic E-state index is 2.31. The minimum absolute atomic E-state index is 0.303. The molecule has 25 heavy (non-hydrogen) atoms. The Bertz CT molecular complexity index is 621. The Labute approximate surface area is 165 Å². The molecular weight excluding hydrogens is 356 g/mol. The topological polar surface area (TPSA) is 0 Å². The van der Waals surface area contributed by atoms with Crippen molar-refractivity contribution in [2.45, 2.75) is 62.5 Å². The molecule has 0 spiro atoms. The van der Waals surface area contributed by atoms with Gasteiger partial charge in [-0.15, -0.1) is 0 Å². The summed E-state index contributed by atoms with van der Waals surface area (Å²) in [5.41, 5.74) is 2.97. The van der Waals surface area contributed by atoms with Gasteiger partial charge >= 0.3 is 0 Å². The molecular formula is C22H30S2Si. The highest BCUT2D eigenvalue weighted by atomic mass is 32.2. The fourth-order valence-corrected chi connectivity index (χ4v) is 5.52. The van der Waals surface area contributed by atoms with E-state index in [0.29, 0.717) is 9.49 Å². The van der Waals surface area contributed by atoms with Crippen LogP contribution >= 0.6 is 23.5 Å². The molecule has 134 valence electrons. The molecule has 0 bridgehead atoms. The Morgan fingerprint density at radius 1 is 0.640 bits per heavy atom. The summed E-state index contributed by atoms with van der Waals surface area (Å²) in [6, 6.07) is 17.9. The molecule has 0 nitrogen and oxygen atoms in total. The Balaban J connectivity index is 2.17. The van der Waals surface area contributed by atoms with Crippen molar-refractivity contribution in [3.8, 4) is 0 Å². The van der Waals surface area contributed by atoms with E-state index < -0.39 is 0 Å². The molecule has 0 atom stereocenters. The highest BCUT2D eigenvalue weighted by Crippen LogP contribution is 2.27. The summed E-state index contributed by atoms with van der Waals surface area (Å²) in [6.07, 6.45) is 0. The van der Waals surface area contributed by atoms with Crippen molar-refractivity contribution in [3.05, 3.63) is 59.7 Å². The largest absolute Gasteiger partial charge is 0.151 e. The quantitative estimate of drug-likeness (QED) is 0.609. The Morgan fingerprint density at radius 3 is 1.36 bits per heavy atom. The summed E-state index contributed by atoms with van der Waals surface area (Å²) in [5.74, 6) is 2.18. The summed E-state index contributed by atoms with van der Waals surface area (Å²) in [6.45, 7) is 13.8. The molecule has 2 aromatic carbocycles. The minimum atomic E-state index is 0.303. The fourth-order valence-electron chi connectivity index (χ4n) is 2.27. The average molecular weight is 387 g/mol. The lowest BCUT2D eigenvalue weighted by atomic mass is 10.2. The van der Waals surface area contributed by atoms with E-state index in [1.165, 1.54) is 21.5 Å². The zero-order valence-electron chi connectivity index (χ0n) is 16.3. The van der Waals surface area contributed by atoms with Gasteiger partial charge in [-0.1, -0.05) is 100 Å². The SMILES string of the molecule is CC(C)(C)SCc1ccccc1[Si]c1ccccc1CSC(C)(C)C. The number of hydrogen-bond acceptors (Lipinski definition) is 2. The maximum atomic E-state index is 2.31. The Hall–Kier alpha value is -0.643. The van der Waals surface area contributed by atoms with Crippen molar-refractivity contribution in [2.75, 3.05) is 0 Å². The molecule has 2 aromatic rings. The standard InChI is InChI=1S/C22H30S2Si/c1-21(2,3)23-15-17-11-7-9-13-19(17)25-20-14-10-8-12-18(20)16-24-22(4,5)6/h7-14H,15-16H2,1-6H3. The second-order valence-electron chi connectivity index (χ2n) is 8.24. The summed E-state index contributed by atoms with van der Waals surface area (Å²) >= 11 is 4.06. The third-order valence-electron chi connectivity index (χ3n) is 3.63. The average Bonchev–Trinajstić information content (AvgIpc) is 2.52. The van der Waals surface area contributed by atoms with Crippen LogP contribution in [0.1, 0.15) is 52.7 Å². The predicted molar refractivity (Wildman–Crippen MR) is 120 cm³/mol. The smallest absolute Gasteiger partial charge is 0.122 e. The highest BCUT2D eigenvalue weighted by Gasteiger charge is 2.15. The first-order valence-corrected chi connectivity index (χ1v) is 11.8. The molecule has 0 fully saturated rings. The van der Waals surface area contributed by atoms with Crippen molar-refractivity contribution in [1.82, 2.24) is 0 Å². The van der Waals surface area contributed by atoms with Crippen molar-refractivity contribution < 1.29 is 0 Å². The molecule has 0 saturated carbocycles. The third kappa shape index (κ3) is 7.63. The predicted octanol–water partition coefficient (Wildman–Crippen LogP) is 5.41. The van der Waals surface area contributed by atoms with E-state index in [1.807, 2.05) is 23.5 Å². The second kappa shape index (κ2) is 8.83. The van der Waals surface area contributed by atoms with Gasteiger partial charge in [0.05, 0.1) is 0 Å². The van der Waals surface area contributed by atoms with E-state index in [-0.39, 0.29) is 0 Å². The van der Waals surface area contributed by atoms with Crippen LogP contribution in [-0.4, -0.2) is 19.0 Å². The van der Waals surface area contributed by atoms with Crippen LogP contribution in [0.3, 0.4) is 0 Å². The highest BCUT2D eigenvalue weighted by molar-refractivity contribution is 8.00. The molecule has 0 aromatic heterocycles. The first-order valence-electron chi connectivity index (χ1n) is 8.85. The lowest BCUT2D eigenvalue weighted by Gasteiger charge is -2.20. The van der Waals surface area contributed by atoms with E-state index in [4.69, 9.17) is 0 Å². The van der Waals surface area contributed by atoms with E-state index in [2.05, 4.69) is 90.1 Å². The summed E-state index contributed by atoms with van der Waals surface area (Å²) in [4.78, 5) is 0. The van der Waals surface area contributed by atoms with Gasteiger partial charge in [-0.2, -0.15) is 23.5 Å². The van der Waals surface area contributed by atoms with Crippen LogP contribution in [0, 0.1) is 0 Å². The van der Waals surface area contributed by atoms with Crippen LogP contribution in [-0.2, 0) is 11.5 Å². The molecule has 0 aliphatic heterocycles. The van der Waals surface area contributed by atoms with Crippen LogP contribution in [0.4, 0.5) is 0 Å². The molecule has 0 unspecified atom stereocenters.